The van der Waals surface area contributed by atoms with Gasteiger partial charge < -0.3 is 4.52 Å². The van der Waals surface area contributed by atoms with E-state index in [0.717, 1.165) is 4.91 Å². The van der Waals surface area contributed by atoms with Crippen LogP contribution in [0.15, 0.2) is 10.7 Å². The van der Waals surface area contributed by atoms with E-state index in [-0.39, 0.29) is 0 Å². The van der Waals surface area contributed by atoms with Crippen molar-refractivity contribution in [2.75, 3.05) is 13.4 Å². The first kappa shape index (κ1) is 10.3. The van der Waals surface area contributed by atoms with E-state index >= 15 is 0 Å². The molecule has 0 aromatic heterocycles. The van der Waals surface area contributed by atoms with Crippen molar-refractivity contribution < 1.29 is 13.6 Å². The summed E-state index contributed by atoms with van der Waals surface area (Å²) in [7, 11) is -1.53. The van der Waals surface area contributed by atoms with Crippen molar-refractivity contribution in [1.82, 2.24) is 0 Å². The molecule has 0 fully saturated rings. The second-order valence-corrected chi connectivity index (χ2v) is 5.76. The zero-order valence-corrected chi connectivity index (χ0v) is 9.37. The van der Waals surface area contributed by atoms with Crippen molar-refractivity contribution >= 4 is 19.4 Å². The first-order chi connectivity index (χ1) is 5.43. The second kappa shape index (κ2) is 3.18. The van der Waals surface area contributed by atoms with Crippen molar-refractivity contribution in [2.24, 2.45) is 0 Å². The smallest absolute Gasteiger partial charge is 0.309 e. The predicted molar refractivity (Wildman–Crippen MR) is 51.4 cm³/mol. The fourth-order valence-corrected chi connectivity index (χ4v) is 4.05. The molecule has 0 saturated heterocycles. The predicted octanol–water partition coefficient (Wildman–Crippen LogP) is 2.84. The lowest BCUT2D eigenvalue weighted by Gasteiger charge is -2.21. The Balaban J connectivity index is 2.97. The van der Waals surface area contributed by atoms with Crippen molar-refractivity contribution in [3.05, 3.63) is 10.7 Å². The average Bonchev–Trinajstić information content (AvgIpc) is 2.22. The van der Waals surface area contributed by atoms with Crippen molar-refractivity contribution in [3.63, 3.8) is 0 Å². The van der Waals surface area contributed by atoms with Crippen molar-refractivity contribution in [3.8, 4) is 0 Å². The van der Waals surface area contributed by atoms with E-state index in [1.807, 2.05) is 20.1 Å². The van der Waals surface area contributed by atoms with Gasteiger partial charge in [-0.25, -0.2) is 0 Å². The molecule has 0 spiro atoms. The molecule has 1 aliphatic rings. The van der Waals surface area contributed by atoms with E-state index in [4.69, 9.17) is 9.05 Å². The zero-order valence-electron chi connectivity index (χ0n) is 7.66. The van der Waals surface area contributed by atoms with Crippen LogP contribution in [0.1, 0.15) is 13.8 Å². The standard InChI is InChI=1S/C7H13O3PS/c1-7(2)6(12-4)5-11(8,9-3)10-7/h5H,1-4H3. The van der Waals surface area contributed by atoms with Crippen LogP contribution in [0, 0.1) is 0 Å². The van der Waals surface area contributed by atoms with Gasteiger partial charge in [0.15, 0.2) is 0 Å². The highest BCUT2D eigenvalue weighted by atomic mass is 32.2. The van der Waals surface area contributed by atoms with Crippen LogP contribution in [0.5, 0.6) is 0 Å². The Bertz CT molecular complexity index is 259. The third-order valence-corrected chi connectivity index (χ3v) is 4.72. The van der Waals surface area contributed by atoms with E-state index in [2.05, 4.69) is 0 Å². The van der Waals surface area contributed by atoms with Crippen LogP contribution in [0.2, 0.25) is 0 Å². The number of rotatable bonds is 2. The van der Waals surface area contributed by atoms with E-state index in [9.17, 15) is 4.57 Å². The molecular weight excluding hydrogens is 195 g/mol. The Kier molecular flexibility index (Phi) is 2.74. The number of hydrogen-bond acceptors (Lipinski definition) is 4. The first-order valence-electron chi connectivity index (χ1n) is 3.57. The lowest BCUT2D eigenvalue weighted by Crippen LogP contribution is -2.19. The zero-order chi connectivity index (χ0) is 9.41. The Morgan fingerprint density at radius 3 is 2.50 bits per heavy atom. The normalized spacial score (nSPS) is 33.5. The van der Waals surface area contributed by atoms with Gasteiger partial charge in [-0.2, -0.15) is 0 Å². The molecule has 0 N–H and O–H groups in total. The highest BCUT2D eigenvalue weighted by Gasteiger charge is 2.41. The summed E-state index contributed by atoms with van der Waals surface area (Å²) in [6.07, 6.45) is 1.93. The second-order valence-electron chi connectivity index (χ2n) is 3.02. The van der Waals surface area contributed by atoms with E-state index < -0.39 is 13.2 Å². The van der Waals surface area contributed by atoms with Gasteiger partial charge in [-0.1, -0.05) is 0 Å². The van der Waals surface area contributed by atoms with Gasteiger partial charge in [0.25, 0.3) is 0 Å². The third kappa shape index (κ3) is 1.77. The topological polar surface area (TPSA) is 35.5 Å². The van der Waals surface area contributed by atoms with Gasteiger partial charge in [0.05, 0.1) is 0 Å². The van der Waals surface area contributed by atoms with Gasteiger partial charge in [0, 0.05) is 17.8 Å². The van der Waals surface area contributed by atoms with Crippen LogP contribution in [-0.4, -0.2) is 19.0 Å². The molecule has 0 bridgehead atoms. The Morgan fingerprint density at radius 2 is 2.25 bits per heavy atom. The summed E-state index contributed by atoms with van der Waals surface area (Å²) in [5.41, 5.74) is -0.467. The van der Waals surface area contributed by atoms with Crippen LogP contribution < -0.4 is 0 Å². The lowest BCUT2D eigenvalue weighted by atomic mass is 10.1. The van der Waals surface area contributed by atoms with Gasteiger partial charge in [-0.05, 0) is 20.1 Å². The quantitative estimate of drug-likeness (QED) is 0.654. The molecule has 1 rings (SSSR count). The Morgan fingerprint density at radius 1 is 1.67 bits per heavy atom. The molecule has 1 unspecified atom stereocenters. The van der Waals surface area contributed by atoms with Gasteiger partial charge in [-0.15, -0.1) is 11.8 Å². The molecular formula is C7H13O3PS. The van der Waals surface area contributed by atoms with Crippen molar-refractivity contribution in [2.45, 2.75) is 19.4 Å². The average molecular weight is 208 g/mol. The minimum absolute atomic E-state index is 0.467. The summed E-state index contributed by atoms with van der Waals surface area (Å²) in [4.78, 5) is 0.965. The molecule has 0 amide bonds. The van der Waals surface area contributed by atoms with Gasteiger partial charge in [0.2, 0.25) is 0 Å². The molecule has 0 aromatic carbocycles. The largest absolute Gasteiger partial charge is 0.355 e. The molecule has 0 saturated carbocycles. The highest BCUT2D eigenvalue weighted by Crippen LogP contribution is 2.61. The molecule has 0 radical (unpaired) electrons. The lowest BCUT2D eigenvalue weighted by molar-refractivity contribution is 0.142. The maximum absolute atomic E-state index is 11.6. The maximum Gasteiger partial charge on any atom is 0.355 e. The molecule has 0 aromatic rings. The monoisotopic (exact) mass is 208 g/mol. The molecule has 12 heavy (non-hydrogen) atoms. The Labute approximate surface area is 77.0 Å². The molecule has 70 valence electrons. The van der Waals surface area contributed by atoms with E-state index in [1.165, 1.54) is 7.11 Å². The van der Waals surface area contributed by atoms with Crippen LogP contribution in [-0.2, 0) is 13.6 Å². The Hall–Kier alpha value is 0.240. The van der Waals surface area contributed by atoms with Crippen LogP contribution in [0.25, 0.3) is 0 Å². The van der Waals surface area contributed by atoms with E-state index in [0.29, 0.717) is 0 Å². The summed E-state index contributed by atoms with van der Waals surface area (Å²) in [5.74, 6) is 1.59. The SMILES string of the molecule is COP1(=O)C=C(SC)C(C)(C)O1. The molecule has 1 atom stereocenters. The van der Waals surface area contributed by atoms with E-state index in [1.54, 1.807) is 17.6 Å². The molecule has 1 heterocycles. The summed E-state index contributed by atoms with van der Waals surface area (Å²) in [5, 5.41) is 0. The van der Waals surface area contributed by atoms with Crippen LogP contribution in [0.4, 0.5) is 0 Å². The maximum atomic E-state index is 11.6. The number of thioether (sulfide) groups is 1. The molecule has 3 nitrogen and oxygen atoms in total. The first-order valence-corrected chi connectivity index (χ1v) is 6.41. The number of hydrogen-bond donors (Lipinski definition) is 0. The van der Waals surface area contributed by atoms with Gasteiger partial charge in [0.1, 0.15) is 5.60 Å². The van der Waals surface area contributed by atoms with Gasteiger partial charge in [-0.3, -0.25) is 9.09 Å². The summed E-state index contributed by atoms with van der Waals surface area (Å²) < 4.78 is 21.8. The van der Waals surface area contributed by atoms with Crippen LogP contribution >= 0.6 is 19.4 Å². The summed E-state index contributed by atoms with van der Waals surface area (Å²) >= 11 is 1.54. The van der Waals surface area contributed by atoms with Gasteiger partial charge >= 0.3 is 7.60 Å². The highest BCUT2D eigenvalue weighted by molar-refractivity contribution is 8.02. The molecule has 5 heteroatoms. The minimum Gasteiger partial charge on any atom is -0.309 e. The molecule has 1 aliphatic heterocycles. The summed E-state index contributed by atoms with van der Waals surface area (Å²) in [6.45, 7) is 3.77. The summed E-state index contributed by atoms with van der Waals surface area (Å²) in [6, 6.07) is 0. The third-order valence-electron chi connectivity index (χ3n) is 1.70. The van der Waals surface area contributed by atoms with Crippen LogP contribution in [0.3, 0.4) is 0 Å². The molecule has 0 aliphatic carbocycles. The fourth-order valence-electron chi connectivity index (χ4n) is 1.08. The minimum atomic E-state index is -2.93. The fraction of sp³-hybridized carbons (Fsp3) is 0.714. The van der Waals surface area contributed by atoms with Crippen molar-refractivity contribution in [1.29, 1.82) is 0 Å².